The molecule has 0 aliphatic carbocycles. The molecule has 0 radical (unpaired) electrons. The lowest BCUT2D eigenvalue weighted by atomic mass is 10.2. The molecule has 1 aromatic heterocycles. The fraction of sp³-hybridized carbons (Fsp3) is 0.231. The highest BCUT2D eigenvalue weighted by molar-refractivity contribution is 7.92. The minimum Gasteiger partial charge on any atom is -0.323 e. The third-order valence-electron chi connectivity index (χ3n) is 2.73. The van der Waals surface area contributed by atoms with Crippen molar-refractivity contribution in [3.63, 3.8) is 0 Å². The Bertz CT molecular complexity index is 846. The van der Waals surface area contributed by atoms with Gasteiger partial charge in [0.1, 0.15) is 6.54 Å². The summed E-state index contributed by atoms with van der Waals surface area (Å²) in [5.74, 6) is -0.658. The lowest BCUT2D eigenvalue weighted by Crippen LogP contribution is -2.21. The van der Waals surface area contributed by atoms with Crippen molar-refractivity contribution in [3.05, 3.63) is 42.2 Å². The van der Waals surface area contributed by atoms with Gasteiger partial charge in [0.25, 0.3) is 0 Å². The molecular weight excluding hydrogens is 349 g/mol. The molecule has 0 unspecified atom stereocenters. The van der Waals surface area contributed by atoms with E-state index < -0.39 is 34.3 Å². The van der Waals surface area contributed by atoms with Crippen molar-refractivity contribution in [2.75, 3.05) is 16.3 Å². The lowest BCUT2D eigenvalue weighted by Gasteiger charge is -2.11. The Hall–Kier alpha value is -2.56. The Kier molecular flexibility index (Phi) is 4.83. The number of carbonyl (C=O) groups is 1. The Morgan fingerprint density at radius 1 is 1.21 bits per heavy atom. The molecule has 0 saturated heterocycles. The number of nitrogens with zero attached hydrogens (tertiary/aromatic N) is 2. The van der Waals surface area contributed by atoms with E-state index in [1.807, 2.05) is 0 Å². The maximum absolute atomic E-state index is 12.5. The number of aromatic nitrogens is 2. The molecular formula is C13H13F3N4O3S. The fourth-order valence-electron chi connectivity index (χ4n) is 1.82. The Morgan fingerprint density at radius 3 is 2.38 bits per heavy atom. The van der Waals surface area contributed by atoms with E-state index in [0.29, 0.717) is 0 Å². The smallest absolute Gasteiger partial charge is 0.323 e. The van der Waals surface area contributed by atoms with Gasteiger partial charge < -0.3 is 5.32 Å². The number of alkyl halides is 3. The molecule has 0 aliphatic heterocycles. The Labute approximate surface area is 135 Å². The second-order valence-electron chi connectivity index (χ2n) is 4.86. The molecule has 7 nitrogen and oxygen atoms in total. The number of sulfonamides is 1. The van der Waals surface area contributed by atoms with Crippen molar-refractivity contribution < 1.29 is 26.4 Å². The molecule has 1 heterocycles. The number of hydrogen-bond donors (Lipinski definition) is 2. The maximum atomic E-state index is 12.5. The molecule has 130 valence electrons. The molecule has 0 spiro atoms. The zero-order valence-electron chi connectivity index (χ0n) is 12.3. The topological polar surface area (TPSA) is 93.1 Å². The number of nitrogens with one attached hydrogen (secondary N) is 2. The van der Waals surface area contributed by atoms with Gasteiger partial charge in [0, 0.05) is 6.20 Å². The number of rotatable bonds is 5. The van der Waals surface area contributed by atoms with E-state index in [9.17, 15) is 26.4 Å². The van der Waals surface area contributed by atoms with Crippen LogP contribution in [0.5, 0.6) is 0 Å². The monoisotopic (exact) mass is 362 g/mol. The van der Waals surface area contributed by atoms with Gasteiger partial charge in [0.2, 0.25) is 15.9 Å². The second kappa shape index (κ2) is 6.51. The zero-order chi connectivity index (χ0) is 18.0. The van der Waals surface area contributed by atoms with Gasteiger partial charge in [-0.15, -0.1) is 0 Å². The summed E-state index contributed by atoms with van der Waals surface area (Å²) in [7, 11) is -3.55. The molecule has 0 atom stereocenters. The van der Waals surface area contributed by atoms with E-state index in [-0.39, 0.29) is 11.4 Å². The van der Waals surface area contributed by atoms with Gasteiger partial charge in [-0.25, -0.2) is 8.42 Å². The van der Waals surface area contributed by atoms with E-state index in [4.69, 9.17) is 0 Å². The van der Waals surface area contributed by atoms with Crippen LogP contribution in [0.3, 0.4) is 0 Å². The van der Waals surface area contributed by atoms with Gasteiger partial charge >= 0.3 is 6.18 Å². The Balaban J connectivity index is 2.09. The molecule has 1 aromatic carbocycles. The Morgan fingerprint density at radius 2 is 1.83 bits per heavy atom. The number of carbonyl (C=O) groups excluding carboxylic acids is 1. The first kappa shape index (κ1) is 17.8. The standard InChI is InChI=1S/C13H13F3N4O3S/c1-24(22,23)19-10-5-3-2-4-9(10)17-12(21)8-20-7-6-11(18-20)13(14,15)16/h2-7,19H,8H2,1H3,(H,17,21). The largest absolute Gasteiger partial charge is 0.435 e. The van der Waals surface area contributed by atoms with Crippen LogP contribution in [-0.4, -0.2) is 30.4 Å². The van der Waals surface area contributed by atoms with Crippen LogP contribution < -0.4 is 10.0 Å². The van der Waals surface area contributed by atoms with E-state index >= 15 is 0 Å². The van der Waals surface area contributed by atoms with Gasteiger partial charge in [-0.1, -0.05) is 12.1 Å². The molecule has 11 heteroatoms. The van der Waals surface area contributed by atoms with Gasteiger partial charge in [-0.05, 0) is 18.2 Å². The highest BCUT2D eigenvalue weighted by Gasteiger charge is 2.33. The number of halogens is 3. The number of anilines is 2. The normalized spacial score (nSPS) is 12.0. The molecule has 0 bridgehead atoms. The summed E-state index contributed by atoms with van der Waals surface area (Å²) >= 11 is 0. The van der Waals surface area contributed by atoms with Crippen LogP contribution in [0.4, 0.5) is 24.5 Å². The first-order chi connectivity index (χ1) is 11.0. The summed E-state index contributed by atoms with van der Waals surface area (Å²) in [5.41, 5.74) is -0.782. The molecule has 2 rings (SSSR count). The summed E-state index contributed by atoms with van der Waals surface area (Å²) in [6.07, 6.45) is -2.61. The molecule has 0 saturated carbocycles. The maximum Gasteiger partial charge on any atom is 0.435 e. The summed E-state index contributed by atoms with van der Waals surface area (Å²) in [5, 5.41) is 5.69. The number of para-hydroxylation sites is 2. The van der Waals surface area contributed by atoms with Crippen LogP contribution in [-0.2, 0) is 27.5 Å². The third-order valence-corrected chi connectivity index (χ3v) is 3.32. The predicted molar refractivity (Wildman–Crippen MR) is 80.8 cm³/mol. The van der Waals surface area contributed by atoms with Gasteiger partial charge in [0.15, 0.2) is 5.69 Å². The van der Waals surface area contributed by atoms with Gasteiger partial charge in [0.05, 0.1) is 17.6 Å². The van der Waals surface area contributed by atoms with Gasteiger partial charge in [-0.2, -0.15) is 18.3 Å². The number of benzene rings is 1. The van der Waals surface area contributed by atoms with Crippen LogP contribution in [0, 0.1) is 0 Å². The summed E-state index contributed by atoms with van der Waals surface area (Å²) in [6.45, 7) is -0.455. The molecule has 2 N–H and O–H groups in total. The number of hydrogen-bond acceptors (Lipinski definition) is 4. The fourth-order valence-corrected chi connectivity index (χ4v) is 2.40. The third kappa shape index (κ3) is 4.98. The number of amides is 1. The van der Waals surface area contributed by atoms with Crippen LogP contribution in [0.15, 0.2) is 36.5 Å². The van der Waals surface area contributed by atoms with E-state index in [2.05, 4.69) is 15.1 Å². The first-order valence-electron chi connectivity index (χ1n) is 6.52. The molecule has 1 amide bonds. The predicted octanol–water partition coefficient (Wildman–Crippen LogP) is 1.91. The lowest BCUT2D eigenvalue weighted by molar-refractivity contribution is -0.141. The van der Waals surface area contributed by atoms with Gasteiger partial charge in [-0.3, -0.25) is 14.2 Å². The van der Waals surface area contributed by atoms with Crippen molar-refractivity contribution in [2.24, 2.45) is 0 Å². The zero-order valence-corrected chi connectivity index (χ0v) is 13.1. The summed E-state index contributed by atoms with van der Waals surface area (Å²) in [6, 6.07) is 6.78. The molecule has 0 aliphatic rings. The van der Waals surface area contributed by atoms with Crippen molar-refractivity contribution in [1.82, 2.24) is 9.78 Å². The van der Waals surface area contributed by atoms with Crippen molar-refractivity contribution in [1.29, 1.82) is 0 Å². The average molecular weight is 362 g/mol. The summed E-state index contributed by atoms with van der Waals surface area (Å²) < 4.78 is 63.0. The minimum atomic E-state index is -4.59. The summed E-state index contributed by atoms with van der Waals surface area (Å²) in [4.78, 5) is 11.9. The first-order valence-corrected chi connectivity index (χ1v) is 8.41. The molecule has 24 heavy (non-hydrogen) atoms. The molecule has 2 aromatic rings. The molecule has 0 fully saturated rings. The van der Waals surface area contributed by atoms with Crippen molar-refractivity contribution >= 4 is 27.3 Å². The minimum absolute atomic E-state index is 0.143. The van der Waals surface area contributed by atoms with E-state index in [1.165, 1.54) is 12.1 Å². The quantitative estimate of drug-likeness (QED) is 0.850. The van der Waals surface area contributed by atoms with E-state index in [1.54, 1.807) is 12.1 Å². The highest BCUT2D eigenvalue weighted by atomic mass is 32.2. The van der Waals surface area contributed by atoms with Crippen molar-refractivity contribution in [2.45, 2.75) is 12.7 Å². The average Bonchev–Trinajstić information content (AvgIpc) is 2.87. The highest BCUT2D eigenvalue weighted by Crippen LogP contribution is 2.27. The van der Waals surface area contributed by atoms with Crippen LogP contribution >= 0.6 is 0 Å². The van der Waals surface area contributed by atoms with Crippen LogP contribution in [0.2, 0.25) is 0 Å². The van der Waals surface area contributed by atoms with Crippen LogP contribution in [0.25, 0.3) is 0 Å². The van der Waals surface area contributed by atoms with Crippen molar-refractivity contribution in [3.8, 4) is 0 Å². The SMILES string of the molecule is CS(=O)(=O)Nc1ccccc1NC(=O)Cn1ccc(C(F)(F)F)n1. The van der Waals surface area contributed by atoms with E-state index in [0.717, 1.165) is 23.2 Å². The van der Waals surface area contributed by atoms with Crippen LogP contribution in [0.1, 0.15) is 5.69 Å². The second-order valence-corrected chi connectivity index (χ2v) is 6.61.